The third-order valence-electron chi connectivity index (χ3n) is 7.47. The van der Waals surface area contributed by atoms with Crippen molar-refractivity contribution >= 4 is 5.91 Å². The van der Waals surface area contributed by atoms with Gasteiger partial charge >= 0.3 is 0 Å². The fourth-order valence-electron chi connectivity index (χ4n) is 5.60. The molecule has 1 amide bonds. The normalized spacial score (nSPS) is 22.3. The van der Waals surface area contributed by atoms with Crippen LogP contribution in [0.4, 0.5) is 0 Å². The highest BCUT2D eigenvalue weighted by atomic mass is 16.2. The Morgan fingerprint density at radius 2 is 2.03 bits per heavy atom. The first kappa shape index (κ1) is 21.4. The molecular formula is C24H34N6O2. The predicted octanol–water partition coefficient (Wildman–Crippen LogP) is 2.37. The van der Waals surface area contributed by atoms with Crippen molar-refractivity contribution in [3.63, 3.8) is 0 Å². The molecule has 2 aliphatic heterocycles. The van der Waals surface area contributed by atoms with E-state index in [4.69, 9.17) is 4.98 Å². The lowest BCUT2D eigenvalue weighted by atomic mass is 9.92. The number of hydrogen-bond donors (Lipinski definition) is 1. The Morgan fingerprint density at radius 1 is 1.19 bits per heavy atom. The van der Waals surface area contributed by atoms with Gasteiger partial charge in [-0.3, -0.25) is 19.2 Å². The third kappa shape index (κ3) is 4.51. The summed E-state index contributed by atoms with van der Waals surface area (Å²) < 4.78 is 1.82. The van der Waals surface area contributed by atoms with E-state index in [1.165, 1.54) is 32.1 Å². The maximum Gasteiger partial charge on any atom is 0.254 e. The molecule has 8 heteroatoms. The molecule has 2 aromatic rings. The van der Waals surface area contributed by atoms with E-state index in [1.54, 1.807) is 0 Å². The number of nitrogens with one attached hydrogen (secondary N) is 1. The number of H-pyrrole nitrogens is 1. The van der Waals surface area contributed by atoms with Gasteiger partial charge in [0.05, 0.1) is 11.4 Å². The molecule has 4 heterocycles. The molecule has 8 nitrogen and oxygen atoms in total. The zero-order chi connectivity index (χ0) is 22.1. The molecule has 2 aromatic heterocycles. The van der Waals surface area contributed by atoms with Crippen molar-refractivity contribution in [2.45, 2.75) is 83.3 Å². The Bertz CT molecular complexity index is 1020. The van der Waals surface area contributed by atoms with Gasteiger partial charge in [0.25, 0.3) is 5.56 Å². The standard InChI is InChI=1S/C24H34N6O2/c1-17-7-13-30(27-17)14-10-22(31)29-11-8-18(15-29)23-25-21-16-28(19-5-3-2-4-6-19)12-9-20(21)24(32)26-23/h7,13,18-19H,2-6,8-12,14-16H2,1H3,(H,25,26,32)/t18-/m0/s1. The third-order valence-corrected chi connectivity index (χ3v) is 7.47. The van der Waals surface area contributed by atoms with E-state index in [0.29, 0.717) is 25.6 Å². The molecule has 1 atom stereocenters. The minimum absolute atomic E-state index is 0.0205. The Balaban J connectivity index is 1.23. The summed E-state index contributed by atoms with van der Waals surface area (Å²) in [5, 5.41) is 4.35. The molecule has 0 aromatic carbocycles. The van der Waals surface area contributed by atoms with E-state index in [2.05, 4.69) is 15.0 Å². The zero-order valence-electron chi connectivity index (χ0n) is 19.1. The molecule has 2 fully saturated rings. The van der Waals surface area contributed by atoms with Crippen LogP contribution >= 0.6 is 0 Å². The molecule has 1 N–H and O–H groups in total. The molecule has 1 saturated carbocycles. The van der Waals surface area contributed by atoms with E-state index < -0.39 is 0 Å². The highest BCUT2D eigenvalue weighted by molar-refractivity contribution is 5.76. The summed E-state index contributed by atoms with van der Waals surface area (Å²) >= 11 is 0. The van der Waals surface area contributed by atoms with Gasteiger partial charge in [0, 0.05) is 62.9 Å². The van der Waals surface area contributed by atoms with Crippen molar-refractivity contribution in [3.8, 4) is 0 Å². The molecule has 0 radical (unpaired) electrons. The fourth-order valence-corrected chi connectivity index (χ4v) is 5.60. The zero-order valence-corrected chi connectivity index (χ0v) is 19.1. The number of carbonyl (C=O) groups is 1. The van der Waals surface area contributed by atoms with Gasteiger partial charge in [0.1, 0.15) is 5.82 Å². The average Bonchev–Trinajstić information content (AvgIpc) is 3.47. The van der Waals surface area contributed by atoms with Gasteiger partial charge < -0.3 is 9.88 Å². The van der Waals surface area contributed by atoms with Crippen molar-refractivity contribution in [2.75, 3.05) is 19.6 Å². The van der Waals surface area contributed by atoms with Crippen molar-refractivity contribution in [2.24, 2.45) is 0 Å². The van der Waals surface area contributed by atoms with Crippen molar-refractivity contribution in [1.29, 1.82) is 0 Å². The second-order valence-corrected chi connectivity index (χ2v) is 9.68. The number of likely N-dealkylation sites (tertiary alicyclic amines) is 1. The van der Waals surface area contributed by atoms with Crippen molar-refractivity contribution < 1.29 is 4.79 Å². The average molecular weight is 439 g/mol. The Morgan fingerprint density at radius 3 is 2.81 bits per heavy atom. The molecular weight excluding hydrogens is 404 g/mol. The van der Waals surface area contributed by atoms with Crippen LogP contribution in [0.2, 0.25) is 0 Å². The molecule has 1 aliphatic carbocycles. The fraction of sp³-hybridized carbons (Fsp3) is 0.667. The first-order chi connectivity index (χ1) is 15.6. The Kier molecular flexibility index (Phi) is 6.13. The highest BCUT2D eigenvalue weighted by Crippen LogP contribution is 2.29. The van der Waals surface area contributed by atoms with Crippen LogP contribution in [0.3, 0.4) is 0 Å². The summed E-state index contributed by atoms with van der Waals surface area (Å²) in [6.45, 7) is 5.64. The second-order valence-electron chi connectivity index (χ2n) is 9.68. The highest BCUT2D eigenvalue weighted by Gasteiger charge is 2.31. The second kappa shape index (κ2) is 9.17. The molecule has 3 aliphatic rings. The topological polar surface area (TPSA) is 87.1 Å². The van der Waals surface area contributed by atoms with E-state index >= 15 is 0 Å². The molecule has 32 heavy (non-hydrogen) atoms. The van der Waals surface area contributed by atoms with Gasteiger partial charge in [-0.05, 0) is 38.7 Å². The van der Waals surface area contributed by atoms with Gasteiger partial charge in [-0.2, -0.15) is 5.10 Å². The molecule has 0 spiro atoms. The van der Waals surface area contributed by atoms with Crippen LogP contribution in [-0.2, 0) is 24.3 Å². The smallest absolute Gasteiger partial charge is 0.254 e. The van der Waals surface area contributed by atoms with Gasteiger partial charge in [-0.15, -0.1) is 0 Å². The number of aryl methyl sites for hydroxylation is 2. The van der Waals surface area contributed by atoms with E-state index in [1.807, 2.05) is 28.8 Å². The van der Waals surface area contributed by atoms with Crippen LogP contribution in [0.15, 0.2) is 17.1 Å². The minimum atomic E-state index is 0.0205. The van der Waals surface area contributed by atoms with Crippen molar-refractivity contribution in [3.05, 3.63) is 45.4 Å². The van der Waals surface area contributed by atoms with Gasteiger partial charge in [0.2, 0.25) is 5.91 Å². The summed E-state index contributed by atoms with van der Waals surface area (Å²) in [5.74, 6) is 1.01. The lowest BCUT2D eigenvalue weighted by Gasteiger charge is -2.37. The minimum Gasteiger partial charge on any atom is -0.342 e. The molecule has 5 rings (SSSR count). The summed E-state index contributed by atoms with van der Waals surface area (Å²) in [6, 6.07) is 2.59. The van der Waals surface area contributed by atoms with Crippen LogP contribution in [0, 0.1) is 6.92 Å². The number of aromatic amines is 1. The van der Waals surface area contributed by atoms with E-state index in [0.717, 1.165) is 55.3 Å². The summed E-state index contributed by atoms with van der Waals surface area (Å²) in [4.78, 5) is 38.0. The van der Waals surface area contributed by atoms with Crippen LogP contribution in [0.5, 0.6) is 0 Å². The number of amides is 1. The first-order valence-electron chi connectivity index (χ1n) is 12.2. The van der Waals surface area contributed by atoms with E-state index in [9.17, 15) is 9.59 Å². The van der Waals surface area contributed by atoms with Crippen LogP contribution in [0.1, 0.15) is 73.6 Å². The van der Waals surface area contributed by atoms with Gasteiger partial charge in [0.15, 0.2) is 0 Å². The summed E-state index contributed by atoms with van der Waals surface area (Å²) in [7, 11) is 0. The first-order valence-corrected chi connectivity index (χ1v) is 12.2. The molecule has 0 bridgehead atoms. The monoisotopic (exact) mass is 438 g/mol. The maximum absolute atomic E-state index is 12.8. The number of carbonyl (C=O) groups excluding carboxylic acids is 1. The molecule has 0 unspecified atom stereocenters. The van der Waals surface area contributed by atoms with E-state index in [-0.39, 0.29) is 17.4 Å². The van der Waals surface area contributed by atoms with Gasteiger partial charge in [-0.1, -0.05) is 19.3 Å². The number of fused-ring (bicyclic) bond motifs is 1. The predicted molar refractivity (Wildman–Crippen MR) is 121 cm³/mol. The SMILES string of the molecule is Cc1ccn(CCC(=O)N2CC[C@H](c3nc4c(c(=O)[nH]3)CCN(C3CCCCC3)C4)C2)n1. The summed E-state index contributed by atoms with van der Waals surface area (Å²) in [5.41, 5.74) is 2.80. The lowest BCUT2D eigenvalue weighted by Crippen LogP contribution is -2.42. The summed E-state index contributed by atoms with van der Waals surface area (Å²) in [6.07, 6.45) is 10.5. The maximum atomic E-state index is 12.8. The Labute approximate surface area is 189 Å². The van der Waals surface area contributed by atoms with Crippen LogP contribution in [0.25, 0.3) is 0 Å². The van der Waals surface area contributed by atoms with Gasteiger partial charge in [-0.25, -0.2) is 4.98 Å². The Hall–Kier alpha value is -2.48. The van der Waals surface area contributed by atoms with Crippen molar-refractivity contribution in [1.82, 2.24) is 29.5 Å². The quantitative estimate of drug-likeness (QED) is 0.774. The number of aromatic nitrogens is 4. The van der Waals surface area contributed by atoms with Crippen LogP contribution < -0.4 is 5.56 Å². The largest absolute Gasteiger partial charge is 0.342 e. The lowest BCUT2D eigenvalue weighted by molar-refractivity contribution is -0.130. The number of rotatable bonds is 5. The molecule has 1 saturated heterocycles. The van der Waals surface area contributed by atoms with Crippen LogP contribution in [-0.4, -0.2) is 61.1 Å². The number of hydrogen-bond acceptors (Lipinski definition) is 5. The number of nitrogens with zero attached hydrogens (tertiary/aromatic N) is 5. The molecule has 172 valence electrons.